The van der Waals surface area contributed by atoms with Crippen LogP contribution in [-0.2, 0) is 5.72 Å². The molecule has 1 aliphatic rings. The molecule has 1 saturated heterocycles. The zero-order valence-corrected chi connectivity index (χ0v) is 17.3. The van der Waals surface area contributed by atoms with E-state index in [1.807, 2.05) is 30.3 Å². The Balaban J connectivity index is 1.46. The number of aliphatic hydroxyl groups is 2. The zero-order chi connectivity index (χ0) is 21.0. The van der Waals surface area contributed by atoms with Crippen molar-refractivity contribution in [1.82, 2.24) is 4.90 Å². The van der Waals surface area contributed by atoms with Crippen molar-refractivity contribution < 1.29 is 14.6 Å². The maximum atomic E-state index is 13.4. The number of halogens is 1. The van der Waals surface area contributed by atoms with Gasteiger partial charge in [-0.05, 0) is 72.2 Å². The summed E-state index contributed by atoms with van der Waals surface area (Å²) in [5, 5.41) is 24.7. The Hall–Kier alpha value is -2.27. The molecule has 3 nitrogen and oxygen atoms in total. The molecular formula is C26H30FNO2. The third kappa shape index (κ3) is 4.56. The fourth-order valence-corrected chi connectivity index (χ4v) is 4.59. The summed E-state index contributed by atoms with van der Waals surface area (Å²) in [6.45, 7) is 1.67. The summed E-state index contributed by atoms with van der Waals surface area (Å²) in [5.41, 5.74) is 0.500. The van der Waals surface area contributed by atoms with E-state index in [2.05, 4.69) is 17.0 Å². The van der Waals surface area contributed by atoms with Crippen molar-refractivity contribution in [2.24, 2.45) is 0 Å². The Kier molecular flexibility index (Phi) is 6.47. The maximum absolute atomic E-state index is 13.4. The molecule has 4 heteroatoms. The third-order valence-electron chi connectivity index (χ3n) is 6.35. The van der Waals surface area contributed by atoms with Crippen LogP contribution >= 0.6 is 0 Å². The molecule has 3 aromatic rings. The number of fused-ring (bicyclic) bond motifs is 1. The third-order valence-corrected chi connectivity index (χ3v) is 6.35. The molecule has 0 aromatic heterocycles. The molecule has 158 valence electrons. The molecule has 1 aliphatic heterocycles. The highest BCUT2D eigenvalue weighted by Crippen LogP contribution is 2.35. The zero-order valence-electron chi connectivity index (χ0n) is 17.3. The number of nitrogens with zero attached hydrogens (tertiary/aromatic N) is 1. The lowest BCUT2D eigenvalue weighted by molar-refractivity contribution is -0.131. The van der Waals surface area contributed by atoms with Crippen LogP contribution in [0.4, 0.5) is 4.39 Å². The SMILES string of the molecule is OC(CCCC(O)(c1ccc(F)cc1)N1CCCCC1)c1ccc2ccccc2c1. The highest BCUT2D eigenvalue weighted by molar-refractivity contribution is 5.83. The minimum atomic E-state index is -1.13. The van der Waals surface area contributed by atoms with E-state index in [1.54, 1.807) is 12.1 Å². The van der Waals surface area contributed by atoms with Crippen molar-refractivity contribution in [1.29, 1.82) is 0 Å². The summed E-state index contributed by atoms with van der Waals surface area (Å²) < 4.78 is 13.4. The molecule has 1 heterocycles. The summed E-state index contributed by atoms with van der Waals surface area (Å²) >= 11 is 0. The topological polar surface area (TPSA) is 43.7 Å². The van der Waals surface area contributed by atoms with Crippen molar-refractivity contribution in [3.63, 3.8) is 0 Å². The van der Waals surface area contributed by atoms with Gasteiger partial charge in [0, 0.05) is 13.1 Å². The molecule has 2 N–H and O–H groups in total. The number of hydrogen-bond donors (Lipinski definition) is 2. The lowest BCUT2D eigenvalue weighted by Crippen LogP contribution is -2.48. The molecule has 0 bridgehead atoms. The normalized spacial score (nSPS) is 18.2. The Morgan fingerprint density at radius 1 is 0.900 bits per heavy atom. The van der Waals surface area contributed by atoms with E-state index >= 15 is 0 Å². The van der Waals surface area contributed by atoms with Crippen molar-refractivity contribution in [2.75, 3.05) is 13.1 Å². The quantitative estimate of drug-likeness (QED) is 0.542. The average molecular weight is 408 g/mol. The Morgan fingerprint density at radius 2 is 1.60 bits per heavy atom. The van der Waals surface area contributed by atoms with Crippen LogP contribution in [0.25, 0.3) is 10.8 Å². The average Bonchev–Trinajstić information content (AvgIpc) is 2.79. The Bertz CT molecular complexity index is 968. The highest BCUT2D eigenvalue weighted by Gasteiger charge is 2.36. The van der Waals surface area contributed by atoms with E-state index in [0.717, 1.165) is 47.8 Å². The van der Waals surface area contributed by atoms with Crippen LogP contribution in [0.3, 0.4) is 0 Å². The Labute approximate surface area is 177 Å². The van der Waals surface area contributed by atoms with E-state index in [0.29, 0.717) is 19.3 Å². The van der Waals surface area contributed by atoms with Gasteiger partial charge in [-0.1, -0.05) is 55.0 Å². The number of rotatable bonds is 7. The van der Waals surface area contributed by atoms with Crippen molar-refractivity contribution in [3.8, 4) is 0 Å². The fourth-order valence-electron chi connectivity index (χ4n) is 4.59. The lowest BCUT2D eigenvalue weighted by atomic mass is 9.91. The number of benzene rings is 3. The van der Waals surface area contributed by atoms with Gasteiger partial charge in [0.1, 0.15) is 11.5 Å². The first-order chi connectivity index (χ1) is 14.6. The molecule has 0 aliphatic carbocycles. The first-order valence-electron chi connectivity index (χ1n) is 11.0. The molecule has 4 rings (SSSR count). The highest BCUT2D eigenvalue weighted by atomic mass is 19.1. The van der Waals surface area contributed by atoms with Crippen LogP contribution in [0.2, 0.25) is 0 Å². The molecule has 1 fully saturated rings. The molecule has 0 amide bonds. The van der Waals surface area contributed by atoms with Gasteiger partial charge in [0.05, 0.1) is 6.10 Å². The van der Waals surface area contributed by atoms with Gasteiger partial charge in [-0.25, -0.2) is 4.39 Å². The minimum Gasteiger partial charge on any atom is -0.388 e. The van der Waals surface area contributed by atoms with Crippen molar-refractivity contribution in [2.45, 2.75) is 50.4 Å². The molecule has 0 saturated carbocycles. The monoisotopic (exact) mass is 407 g/mol. The first-order valence-corrected chi connectivity index (χ1v) is 11.0. The Morgan fingerprint density at radius 3 is 2.33 bits per heavy atom. The van der Waals surface area contributed by atoms with Crippen LogP contribution in [0.15, 0.2) is 66.7 Å². The predicted molar refractivity (Wildman–Crippen MR) is 118 cm³/mol. The lowest BCUT2D eigenvalue weighted by Gasteiger charge is -2.42. The van der Waals surface area contributed by atoms with E-state index in [1.165, 1.54) is 18.6 Å². The van der Waals surface area contributed by atoms with Crippen molar-refractivity contribution >= 4 is 10.8 Å². The van der Waals surface area contributed by atoms with Gasteiger partial charge in [0.15, 0.2) is 0 Å². The molecular weight excluding hydrogens is 377 g/mol. The molecule has 3 aromatic carbocycles. The van der Waals surface area contributed by atoms with Gasteiger partial charge >= 0.3 is 0 Å². The van der Waals surface area contributed by atoms with Gasteiger partial charge < -0.3 is 10.2 Å². The van der Waals surface area contributed by atoms with Gasteiger partial charge in [0.25, 0.3) is 0 Å². The summed E-state index contributed by atoms with van der Waals surface area (Å²) in [5.74, 6) is -0.300. The second kappa shape index (κ2) is 9.25. The summed E-state index contributed by atoms with van der Waals surface area (Å²) in [6, 6.07) is 20.4. The van der Waals surface area contributed by atoms with Gasteiger partial charge in [-0.3, -0.25) is 4.90 Å². The van der Waals surface area contributed by atoms with Crippen LogP contribution in [0, 0.1) is 5.82 Å². The second-order valence-corrected chi connectivity index (χ2v) is 8.39. The number of piperidine rings is 1. The van der Waals surface area contributed by atoms with Gasteiger partial charge in [0.2, 0.25) is 0 Å². The maximum Gasteiger partial charge on any atom is 0.144 e. The van der Waals surface area contributed by atoms with E-state index in [9.17, 15) is 14.6 Å². The molecule has 2 atom stereocenters. The minimum absolute atomic E-state index is 0.300. The number of hydrogen-bond acceptors (Lipinski definition) is 3. The fraction of sp³-hybridized carbons (Fsp3) is 0.385. The predicted octanol–water partition coefficient (Wildman–Crippen LogP) is 5.51. The number of likely N-dealkylation sites (tertiary alicyclic amines) is 1. The van der Waals surface area contributed by atoms with E-state index in [4.69, 9.17) is 0 Å². The summed E-state index contributed by atoms with van der Waals surface area (Å²) in [6.07, 6.45) is 4.45. The summed E-state index contributed by atoms with van der Waals surface area (Å²) in [4.78, 5) is 2.12. The molecule has 0 radical (unpaired) electrons. The largest absolute Gasteiger partial charge is 0.388 e. The van der Waals surface area contributed by atoms with Crippen LogP contribution in [0.5, 0.6) is 0 Å². The molecule has 30 heavy (non-hydrogen) atoms. The first kappa shape index (κ1) is 21.0. The standard InChI is InChI=1S/C26H30FNO2/c27-24-14-12-23(13-15-24)26(30,28-17-4-1-5-18-28)16-6-9-25(29)22-11-10-20-7-2-3-8-21(20)19-22/h2-3,7-8,10-15,19,25,29-30H,1,4-6,9,16-18H2. The van der Waals surface area contributed by atoms with Crippen LogP contribution < -0.4 is 0 Å². The van der Waals surface area contributed by atoms with E-state index in [-0.39, 0.29) is 5.82 Å². The van der Waals surface area contributed by atoms with Crippen molar-refractivity contribution in [3.05, 3.63) is 83.7 Å². The summed E-state index contributed by atoms with van der Waals surface area (Å²) in [7, 11) is 0. The van der Waals surface area contributed by atoms with Gasteiger partial charge in [-0.15, -0.1) is 0 Å². The number of aliphatic hydroxyl groups excluding tert-OH is 1. The molecule has 2 unspecified atom stereocenters. The smallest absolute Gasteiger partial charge is 0.144 e. The van der Waals surface area contributed by atoms with Gasteiger partial charge in [-0.2, -0.15) is 0 Å². The second-order valence-electron chi connectivity index (χ2n) is 8.39. The van der Waals surface area contributed by atoms with Crippen LogP contribution in [0.1, 0.15) is 55.8 Å². The van der Waals surface area contributed by atoms with Crippen LogP contribution in [-0.4, -0.2) is 28.2 Å². The van der Waals surface area contributed by atoms with E-state index < -0.39 is 11.8 Å². The molecule has 0 spiro atoms.